The Balaban J connectivity index is 1.55. The Morgan fingerprint density at radius 3 is 2.95 bits per heavy atom. The molecule has 3 heteroatoms. The number of ether oxygens (including phenoxy) is 1. The van der Waals surface area contributed by atoms with E-state index in [0.29, 0.717) is 12.0 Å². The Labute approximate surface area is 132 Å². The third kappa shape index (κ3) is 2.43. The summed E-state index contributed by atoms with van der Waals surface area (Å²) in [5, 5.41) is 3.67. The molecule has 2 fully saturated rings. The summed E-state index contributed by atoms with van der Waals surface area (Å²) in [7, 11) is 2.15. The molecule has 1 saturated carbocycles. The van der Waals surface area contributed by atoms with Crippen LogP contribution in [0.4, 0.5) is 0 Å². The number of hydrogen-bond donors (Lipinski definition) is 1. The van der Waals surface area contributed by atoms with Crippen molar-refractivity contribution in [3.8, 4) is 0 Å². The maximum absolute atomic E-state index is 6.13. The predicted octanol–water partition coefficient (Wildman–Crippen LogP) is 3.81. The lowest BCUT2D eigenvalue weighted by Gasteiger charge is -2.49. The molecule has 4 rings (SSSR count). The zero-order valence-corrected chi connectivity index (χ0v) is 13.6. The molecule has 1 N–H and O–H groups in total. The van der Waals surface area contributed by atoms with E-state index in [-0.39, 0.29) is 5.60 Å². The third-order valence-corrected chi connectivity index (χ3v) is 7.02. The molecule has 1 aromatic rings. The van der Waals surface area contributed by atoms with E-state index < -0.39 is 0 Å². The maximum Gasteiger partial charge on any atom is 0.0685 e. The first-order valence-electron chi connectivity index (χ1n) is 8.34. The van der Waals surface area contributed by atoms with Gasteiger partial charge in [0.05, 0.1) is 5.60 Å². The van der Waals surface area contributed by atoms with Crippen LogP contribution in [0.5, 0.6) is 0 Å². The van der Waals surface area contributed by atoms with Crippen molar-refractivity contribution in [1.82, 2.24) is 5.32 Å². The molecular weight excluding hydrogens is 278 g/mol. The Kier molecular flexibility index (Phi) is 3.76. The van der Waals surface area contributed by atoms with Crippen molar-refractivity contribution in [2.45, 2.75) is 54.6 Å². The highest BCUT2D eigenvalue weighted by Gasteiger charge is 2.46. The van der Waals surface area contributed by atoms with E-state index in [9.17, 15) is 0 Å². The van der Waals surface area contributed by atoms with E-state index in [1.807, 2.05) is 11.8 Å². The van der Waals surface area contributed by atoms with Gasteiger partial charge in [-0.2, -0.15) is 0 Å². The number of likely N-dealkylation sites (N-methyl/N-ethyl adjacent to an activating group) is 1. The first-order valence-corrected chi connectivity index (χ1v) is 9.33. The highest BCUT2D eigenvalue weighted by atomic mass is 32.2. The van der Waals surface area contributed by atoms with Gasteiger partial charge in [-0.25, -0.2) is 0 Å². The van der Waals surface area contributed by atoms with E-state index >= 15 is 0 Å². The van der Waals surface area contributed by atoms with Gasteiger partial charge in [0.15, 0.2) is 0 Å². The summed E-state index contributed by atoms with van der Waals surface area (Å²) in [6.07, 6.45) is 6.42. The summed E-state index contributed by atoms with van der Waals surface area (Å²) in [6, 6.07) is 9.58. The van der Waals surface area contributed by atoms with Crippen molar-refractivity contribution in [3.05, 3.63) is 29.8 Å². The van der Waals surface area contributed by atoms with Crippen molar-refractivity contribution in [2.24, 2.45) is 5.92 Å². The van der Waals surface area contributed by atoms with E-state index in [0.717, 1.165) is 12.5 Å². The van der Waals surface area contributed by atoms with E-state index in [2.05, 4.69) is 36.6 Å². The molecule has 0 bridgehead atoms. The fraction of sp³-hybridized carbons (Fsp3) is 0.667. The van der Waals surface area contributed by atoms with Gasteiger partial charge in [-0.05, 0) is 56.7 Å². The minimum absolute atomic E-state index is 0.253. The second-order valence-electron chi connectivity index (χ2n) is 6.91. The van der Waals surface area contributed by atoms with Crippen LogP contribution in [-0.2, 0) is 4.74 Å². The first kappa shape index (κ1) is 14.1. The topological polar surface area (TPSA) is 21.3 Å². The maximum atomic E-state index is 6.13. The van der Waals surface area contributed by atoms with E-state index in [1.165, 1.54) is 42.8 Å². The Morgan fingerprint density at radius 1 is 1.33 bits per heavy atom. The first-order chi connectivity index (χ1) is 10.3. The van der Waals surface area contributed by atoms with Gasteiger partial charge in [-0.1, -0.05) is 18.2 Å². The molecule has 3 unspecified atom stereocenters. The molecule has 1 spiro atoms. The van der Waals surface area contributed by atoms with Crippen LogP contribution in [0.15, 0.2) is 29.2 Å². The van der Waals surface area contributed by atoms with Crippen molar-refractivity contribution < 1.29 is 4.74 Å². The molecule has 2 aliphatic heterocycles. The summed E-state index contributed by atoms with van der Waals surface area (Å²) in [5.74, 6) is 2.66. The van der Waals surface area contributed by atoms with Crippen molar-refractivity contribution in [1.29, 1.82) is 0 Å². The fourth-order valence-electron chi connectivity index (χ4n) is 4.54. The highest BCUT2D eigenvalue weighted by molar-refractivity contribution is 7.99. The zero-order chi connectivity index (χ0) is 14.3. The van der Waals surface area contributed by atoms with Crippen LogP contribution in [0.25, 0.3) is 0 Å². The Morgan fingerprint density at radius 2 is 2.19 bits per heavy atom. The summed E-state index contributed by atoms with van der Waals surface area (Å²) >= 11 is 2.03. The second kappa shape index (κ2) is 5.60. The molecule has 1 aromatic carbocycles. The zero-order valence-electron chi connectivity index (χ0n) is 12.8. The Hall–Kier alpha value is -0.510. The van der Waals surface area contributed by atoms with Gasteiger partial charge in [-0.3, -0.25) is 0 Å². The van der Waals surface area contributed by atoms with E-state index in [4.69, 9.17) is 4.74 Å². The number of benzene rings is 1. The lowest BCUT2D eigenvalue weighted by Crippen LogP contribution is -2.51. The second-order valence-corrected chi connectivity index (χ2v) is 7.97. The number of nitrogens with one attached hydrogen (secondary N) is 1. The average molecular weight is 303 g/mol. The normalized spacial score (nSPS) is 31.7. The van der Waals surface area contributed by atoms with Crippen molar-refractivity contribution >= 4 is 11.8 Å². The summed E-state index contributed by atoms with van der Waals surface area (Å²) < 4.78 is 6.13. The fourth-order valence-corrected chi connectivity index (χ4v) is 5.85. The van der Waals surface area contributed by atoms with Crippen LogP contribution >= 0.6 is 11.8 Å². The number of thioether (sulfide) groups is 1. The standard InChI is InChI=1S/C18H25NOS/c1-19-17(13-7-10-20-18(11-13)8-4-9-18)15-12-21-16-6-3-2-5-14(15)16/h2-3,5-6,13,15,17,19H,4,7-12H2,1H3. The van der Waals surface area contributed by atoms with Crippen molar-refractivity contribution in [2.75, 3.05) is 19.4 Å². The lowest BCUT2D eigenvalue weighted by molar-refractivity contribution is -0.147. The molecule has 0 amide bonds. The molecule has 0 radical (unpaired) electrons. The third-order valence-electron chi connectivity index (χ3n) is 5.81. The van der Waals surface area contributed by atoms with Crippen LogP contribution in [0.1, 0.15) is 43.6 Å². The molecule has 1 aliphatic carbocycles. The van der Waals surface area contributed by atoms with Gasteiger partial charge in [0.2, 0.25) is 0 Å². The van der Waals surface area contributed by atoms with Crippen LogP contribution in [-0.4, -0.2) is 31.1 Å². The monoisotopic (exact) mass is 303 g/mol. The van der Waals surface area contributed by atoms with Crippen LogP contribution in [0.2, 0.25) is 0 Å². The molecule has 3 atom stereocenters. The van der Waals surface area contributed by atoms with Gasteiger partial charge < -0.3 is 10.1 Å². The van der Waals surface area contributed by atoms with Gasteiger partial charge in [0, 0.05) is 29.2 Å². The minimum Gasteiger partial charge on any atom is -0.375 e. The quantitative estimate of drug-likeness (QED) is 0.917. The molecule has 0 aromatic heterocycles. The minimum atomic E-state index is 0.253. The SMILES string of the molecule is CNC(C1CCOC2(CCC2)C1)C1CSc2ccccc21. The number of hydrogen-bond acceptors (Lipinski definition) is 3. The van der Waals surface area contributed by atoms with E-state index in [1.54, 1.807) is 5.56 Å². The molecule has 2 nitrogen and oxygen atoms in total. The van der Waals surface area contributed by atoms with Gasteiger partial charge in [0.25, 0.3) is 0 Å². The number of fused-ring (bicyclic) bond motifs is 1. The van der Waals surface area contributed by atoms with Crippen molar-refractivity contribution in [3.63, 3.8) is 0 Å². The molecular formula is C18H25NOS. The molecule has 3 aliphatic rings. The lowest BCUT2D eigenvalue weighted by atomic mass is 9.68. The summed E-state index contributed by atoms with van der Waals surface area (Å²) in [4.78, 5) is 1.49. The molecule has 114 valence electrons. The summed E-state index contributed by atoms with van der Waals surface area (Å²) in [5.41, 5.74) is 1.82. The van der Waals surface area contributed by atoms with Crippen LogP contribution < -0.4 is 5.32 Å². The summed E-state index contributed by atoms with van der Waals surface area (Å²) in [6.45, 7) is 0.963. The Bertz CT molecular complexity index is 514. The van der Waals surface area contributed by atoms with Gasteiger partial charge in [0.1, 0.15) is 0 Å². The molecule has 1 saturated heterocycles. The largest absolute Gasteiger partial charge is 0.375 e. The molecule has 21 heavy (non-hydrogen) atoms. The van der Waals surface area contributed by atoms with Gasteiger partial charge >= 0.3 is 0 Å². The van der Waals surface area contributed by atoms with Crippen LogP contribution in [0, 0.1) is 5.92 Å². The van der Waals surface area contributed by atoms with Crippen LogP contribution in [0.3, 0.4) is 0 Å². The smallest absolute Gasteiger partial charge is 0.0685 e. The number of rotatable bonds is 3. The predicted molar refractivity (Wildman–Crippen MR) is 88.0 cm³/mol. The molecule has 2 heterocycles. The van der Waals surface area contributed by atoms with Gasteiger partial charge in [-0.15, -0.1) is 11.8 Å². The highest BCUT2D eigenvalue weighted by Crippen LogP contribution is 2.49. The average Bonchev–Trinajstić information content (AvgIpc) is 2.91.